The summed E-state index contributed by atoms with van der Waals surface area (Å²) in [5.41, 5.74) is 2.80. The molecule has 0 saturated heterocycles. The first-order chi connectivity index (χ1) is 9.93. The molecule has 21 heavy (non-hydrogen) atoms. The number of hydrogen-bond acceptors (Lipinski definition) is 3. The summed E-state index contributed by atoms with van der Waals surface area (Å²) in [5.74, 6) is -0.115. The standard InChI is InChI=1S/C17H18FN3/c1-10(2)14-7-12(9-19)8-15(21-14)16-13(18)5-6-20-17(16)11(3)4/h5-8,10-11H,1-4H3. The fourth-order valence-electron chi connectivity index (χ4n) is 2.18. The van der Waals surface area contributed by atoms with Crippen molar-refractivity contribution in [3.8, 4) is 17.3 Å². The van der Waals surface area contributed by atoms with Crippen LogP contribution in [0.1, 0.15) is 56.5 Å². The molecular weight excluding hydrogens is 265 g/mol. The Morgan fingerprint density at radius 2 is 1.86 bits per heavy atom. The third-order valence-corrected chi connectivity index (χ3v) is 3.30. The van der Waals surface area contributed by atoms with E-state index in [1.165, 1.54) is 12.3 Å². The highest BCUT2D eigenvalue weighted by Gasteiger charge is 2.18. The second-order valence-electron chi connectivity index (χ2n) is 5.64. The van der Waals surface area contributed by atoms with Crippen LogP contribution >= 0.6 is 0 Å². The number of nitriles is 1. The third-order valence-electron chi connectivity index (χ3n) is 3.30. The van der Waals surface area contributed by atoms with Crippen molar-refractivity contribution in [2.45, 2.75) is 39.5 Å². The minimum Gasteiger partial charge on any atom is -0.260 e. The maximum absolute atomic E-state index is 14.3. The molecule has 0 fully saturated rings. The summed E-state index contributed by atoms with van der Waals surface area (Å²) in [6.45, 7) is 7.91. The Kier molecular flexibility index (Phi) is 4.32. The van der Waals surface area contributed by atoms with Gasteiger partial charge in [-0.25, -0.2) is 4.39 Å². The average Bonchev–Trinajstić information content (AvgIpc) is 2.46. The number of aromatic nitrogens is 2. The molecule has 0 aliphatic rings. The van der Waals surface area contributed by atoms with Crippen molar-refractivity contribution in [2.75, 3.05) is 0 Å². The molecule has 0 spiro atoms. The SMILES string of the molecule is CC(C)c1cc(C#N)cc(-c2c(F)ccnc2C(C)C)n1. The largest absolute Gasteiger partial charge is 0.260 e. The van der Waals surface area contributed by atoms with Gasteiger partial charge >= 0.3 is 0 Å². The molecule has 0 radical (unpaired) electrons. The summed E-state index contributed by atoms with van der Waals surface area (Å²) in [6, 6.07) is 6.82. The van der Waals surface area contributed by atoms with E-state index in [1.54, 1.807) is 12.1 Å². The summed E-state index contributed by atoms with van der Waals surface area (Å²) in [7, 11) is 0. The molecule has 2 rings (SSSR count). The Morgan fingerprint density at radius 3 is 2.43 bits per heavy atom. The minimum absolute atomic E-state index is 0.0748. The van der Waals surface area contributed by atoms with Crippen molar-refractivity contribution < 1.29 is 4.39 Å². The average molecular weight is 283 g/mol. The van der Waals surface area contributed by atoms with Gasteiger partial charge in [-0.3, -0.25) is 9.97 Å². The van der Waals surface area contributed by atoms with Gasteiger partial charge in [0.1, 0.15) is 5.82 Å². The second kappa shape index (κ2) is 6.01. The zero-order valence-corrected chi connectivity index (χ0v) is 12.7. The van der Waals surface area contributed by atoms with Crippen molar-refractivity contribution in [1.29, 1.82) is 5.26 Å². The summed E-state index contributed by atoms with van der Waals surface area (Å²) in [5, 5.41) is 9.18. The van der Waals surface area contributed by atoms with E-state index in [0.29, 0.717) is 22.5 Å². The number of halogens is 1. The normalized spacial score (nSPS) is 11.0. The zero-order chi connectivity index (χ0) is 15.6. The summed E-state index contributed by atoms with van der Waals surface area (Å²) < 4.78 is 14.3. The van der Waals surface area contributed by atoms with Crippen LogP contribution in [0.4, 0.5) is 4.39 Å². The smallest absolute Gasteiger partial charge is 0.135 e. The lowest BCUT2D eigenvalue weighted by molar-refractivity contribution is 0.621. The summed E-state index contributed by atoms with van der Waals surface area (Å²) in [6.07, 6.45) is 1.46. The van der Waals surface area contributed by atoms with E-state index in [4.69, 9.17) is 0 Å². The zero-order valence-electron chi connectivity index (χ0n) is 12.7. The van der Waals surface area contributed by atoms with E-state index in [9.17, 15) is 9.65 Å². The Labute approximate surface area is 124 Å². The highest BCUT2D eigenvalue weighted by atomic mass is 19.1. The molecule has 0 aliphatic heterocycles. The first-order valence-corrected chi connectivity index (χ1v) is 7.01. The van der Waals surface area contributed by atoms with Crippen LogP contribution < -0.4 is 0 Å². The van der Waals surface area contributed by atoms with Gasteiger partial charge in [0.05, 0.1) is 28.6 Å². The van der Waals surface area contributed by atoms with Gasteiger partial charge in [0, 0.05) is 11.9 Å². The van der Waals surface area contributed by atoms with Crippen LogP contribution in [0.2, 0.25) is 0 Å². The Balaban J connectivity index is 2.73. The molecule has 0 atom stereocenters. The first-order valence-electron chi connectivity index (χ1n) is 7.01. The molecule has 2 heterocycles. The first kappa shape index (κ1) is 15.1. The van der Waals surface area contributed by atoms with Crippen LogP contribution in [0.15, 0.2) is 24.4 Å². The Bertz CT molecular complexity index is 700. The molecule has 0 unspecified atom stereocenters. The maximum Gasteiger partial charge on any atom is 0.135 e. The monoisotopic (exact) mass is 283 g/mol. The van der Waals surface area contributed by atoms with E-state index in [1.807, 2.05) is 27.7 Å². The van der Waals surface area contributed by atoms with E-state index in [-0.39, 0.29) is 17.7 Å². The second-order valence-corrected chi connectivity index (χ2v) is 5.64. The molecule has 2 aromatic rings. The van der Waals surface area contributed by atoms with Gasteiger partial charge < -0.3 is 0 Å². The molecule has 0 saturated carbocycles. The fraction of sp³-hybridized carbons (Fsp3) is 0.353. The predicted molar refractivity (Wildman–Crippen MR) is 80.3 cm³/mol. The number of hydrogen-bond donors (Lipinski definition) is 0. The van der Waals surface area contributed by atoms with Crippen molar-refractivity contribution in [1.82, 2.24) is 9.97 Å². The van der Waals surface area contributed by atoms with Gasteiger partial charge in [0.25, 0.3) is 0 Å². The van der Waals surface area contributed by atoms with Crippen LogP contribution in [0.25, 0.3) is 11.3 Å². The molecule has 0 bridgehead atoms. The minimum atomic E-state index is -0.356. The third kappa shape index (κ3) is 3.08. The number of nitrogens with zero attached hydrogens (tertiary/aromatic N) is 3. The van der Waals surface area contributed by atoms with Gasteiger partial charge in [-0.1, -0.05) is 27.7 Å². The molecule has 4 heteroatoms. The maximum atomic E-state index is 14.3. The molecule has 0 aromatic carbocycles. The van der Waals surface area contributed by atoms with Crippen LogP contribution in [0.3, 0.4) is 0 Å². The fourth-order valence-corrected chi connectivity index (χ4v) is 2.18. The van der Waals surface area contributed by atoms with Crippen LogP contribution in [-0.4, -0.2) is 9.97 Å². The Morgan fingerprint density at radius 1 is 1.14 bits per heavy atom. The van der Waals surface area contributed by atoms with Crippen LogP contribution in [-0.2, 0) is 0 Å². The van der Waals surface area contributed by atoms with Gasteiger partial charge in [-0.2, -0.15) is 5.26 Å². The lowest BCUT2D eigenvalue weighted by Crippen LogP contribution is -2.03. The van der Waals surface area contributed by atoms with Gasteiger partial charge in [-0.05, 0) is 30.0 Å². The van der Waals surface area contributed by atoms with Crippen molar-refractivity contribution in [3.63, 3.8) is 0 Å². The quantitative estimate of drug-likeness (QED) is 0.838. The summed E-state index contributed by atoms with van der Waals surface area (Å²) >= 11 is 0. The highest BCUT2D eigenvalue weighted by Crippen LogP contribution is 2.30. The molecular formula is C17H18FN3. The van der Waals surface area contributed by atoms with E-state index < -0.39 is 0 Å². The van der Waals surface area contributed by atoms with Crippen LogP contribution in [0, 0.1) is 17.1 Å². The lowest BCUT2D eigenvalue weighted by Gasteiger charge is -2.14. The topological polar surface area (TPSA) is 49.6 Å². The molecule has 2 aromatic heterocycles. The highest BCUT2D eigenvalue weighted by molar-refractivity contribution is 5.65. The van der Waals surface area contributed by atoms with Gasteiger partial charge in [0.15, 0.2) is 0 Å². The number of pyridine rings is 2. The van der Waals surface area contributed by atoms with Crippen molar-refractivity contribution >= 4 is 0 Å². The Hall–Kier alpha value is -2.28. The number of rotatable bonds is 3. The molecule has 108 valence electrons. The van der Waals surface area contributed by atoms with Crippen LogP contribution in [0.5, 0.6) is 0 Å². The molecule has 0 amide bonds. The lowest BCUT2D eigenvalue weighted by atomic mass is 9.98. The van der Waals surface area contributed by atoms with E-state index in [2.05, 4.69) is 16.0 Å². The summed E-state index contributed by atoms with van der Waals surface area (Å²) in [4.78, 5) is 8.81. The van der Waals surface area contributed by atoms with E-state index in [0.717, 1.165) is 5.69 Å². The van der Waals surface area contributed by atoms with Crippen molar-refractivity contribution in [3.05, 3.63) is 47.2 Å². The molecule has 0 N–H and O–H groups in total. The van der Waals surface area contributed by atoms with Crippen molar-refractivity contribution in [2.24, 2.45) is 0 Å². The molecule has 0 aliphatic carbocycles. The molecule has 3 nitrogen and oxygen atoms in total. The van der Waals surface area contributed by atoms with E-state index >= 15 is 0 Å². The van der Waals surface area contributed by atoms with Gasteiger partial charge in [0.2, 0.25) is 0 Å². The predicted octanol–water partition coefficient (Wildman–Crippen LogP) is 4.40. The van der Waals surface area contributed by atoms with Gasteiger partial charge in [-0.15, -0.1) is 0 Å².